The van der Waals surface area contributed by atoms with Gasteiger partial charge in [-0.15, -0.1) is 0 Å². The van der Waals surface area contributed by atoms with Gasteiger partial charge in [-0.2, -0.15) is 4.98 Å². The first-order chi connectivity index (χ1) is 7.58. The zero-order valence-corrected chi connectivity index (χ0v) is 9.91. The molecule has 0 aliphatic carbocycles. The van der Waals surface area contributed by atoms with Crippen LogP contribution in [-0.2, 0) is 11.3 Å². The number of aryl methyl sites for hydroxylation is 1. The van der Waals surface area contributed by atoms with Gasteiger partial charge in [0.15, 0.2) is 5.82 Å². The molecule has 6 nitrogen and oxygen atoms in total. The molecule has 1 amide bonds. The Hall–Kier alpha value is -1.43. The summed E-state index contributed by atoms with van der Waals surface area (Å²) in [5.74, 6) is 0.990. The number of hydrogen-bond donors (Lipinski definition) is 2. The standard InChI is InChI=1S/C10H18N4O2/c1-7(2)11-5-4-10(15)12-6-9-13-8(3)16-14-9/h7,11H,4-6H2,1-3H3,(H,12,15). The average molecular weight is 226 g/mol. The van der Waals surface area contributed by atoms with Crippen molar-refractivity contribution >= 4 is 5.91 Å². The van der Waals surface area contributed by atoms with Crippen LogP contribution in [0.1, 0.15) is 32.0 Å². The third-order valence-corrected chi connectivity index (χ3v) is 1.92. The van der Waals surface area contributed by atoms with E-state index in [0.29, 0.717) is 37.3 Å². The minimum atomic E-state index is -0.0180. The van der Waals surface area contributed by atoms with Crippen LogP contribution in [0.3, 0.4) is 0 Å². The normalized spacial score (nSPS) is 10.8. The number of aromatic nitrogens is 2. The molecule has 1 aromatic rings. The van der Waals surface area contributed by atoms with Gasteiger partial charge in [0.25, 0.3) is 0 Å². The number of rotatable bonds is 6. The van der Waals surface area contributed by atoms with Crippen molar-refractivity contribution in [1.82, 2.24) is 20.8 Å². The minimum Gasteiger partial charge on any atom is -0.349 e. The van der Waals surface area contributed by atoms with E-state index in [9.17, 15) is 4.79 Å². The number of hydrogen-bond acceptors (Lipinski definition) is 5. The van der Waals surface area contributed by atoms with Gasteiger partial charge in [0.2, 0.25) is 11.8 Å². The smallest absolute Gasteiger partial charge is 0.223 e. The molecule has 0 aromatic carbocycles. The molecule has 1 heterocycles. The summed E-state index contributed by atoms with van der Waals surface area (Å²) in [6, 6.07) is 0.396. The Morgan fingerprint density at radius 3 is 2.81 bits per heavy atom. The van der Waals surface area contributed by atoms with Gasteiger partial charge in [0, 0.05) is 25.9 Å². The van der Waals surface area contributed by atoms with Crippen molar-refractivity contribution in [2.75, 3.05) is 6.54 Å². The Kier molecular flexibility index (Phi) is 4.91. The van der Waals surface area contributed by atoms with Crippen LogP contribution in [0.2, 0.25) is 0 Å². The number of carbonyl (C=O) groups is 1. The highest BCUT2D eigenvalue weighted by molar-refractivity contribution is 5.75. The molecule has 0 atom stereocenters. The van der Waals surface area contributed by atoms with E-state index in [4.69, 9.17) is 4.52 Å². The molecule has 1 rings (SSSR count). The fourth-order valence-electron chi connectivity index (χ4n) is 1.15. The van der Waals surface area contributed by atoms with Gasteiger partial charge < -0.3 is 15.2 Å². The lowest BCUT2D eigenvalue weighted by atomic mass is 10.3. The van der Waals surface area contributed by atoms with Gasteiger partial charge in [-0.1, -0.05) is 19.0 Å². The van der Waals surface area contributed by atoms with Crippen molar-refractivity contribution in [3.8, 4) is 0 Å². The topological polar surface area (TPSA) is 80.0 Å². The highest BCUT2D eigenvalue weighted by atomic mass is 16.5. The van der Waals surface area contributed by atoms with Crippen molar-refractivity contribution in [2.45, 2.75) is 39.8 Å². The maximum Gasteiger partial charge on any atom is 0.223 e. The highest BCUT2D eigenvalue weighted by Crippen LogP contribution is 1.94. The number of nitrogens with zero attached hydrogens (tertiary/aromatic N) is 2. The summed E-state index contributed by atoms with van der Waals surface area (Å²) in [7, 11) is 0. The molecule has 90 valence electrons. The lowest BCUT2D eigenvalue weighted by molar-refractivity contribution is -0.121. The summed E-state index contributed by atoms with van der Waals surface area (Å²) in [5, 5.41) is 9.57. The fourth-order valence-corrected chi connectivity index (χ4v) is 1.15. The van der Waals surface area contributed by atoms with Crippen molar-refractivity contribution in [2.24, 2.45) is 0 Å². The molecule has 6 heteroatoms. The molecule has 0 aliphatic rings. The zero-order valence-electron chi connectivity index (χ0n) is 9.91. The van der Waals surface area contributed by atoms with E-state index in [1.54, 1.807) is 6.92 Å². The van der Waals surface area contributed by atoms with Gasteiger partial charge >= 0.3 is 0 Å². The maximum atomic E-state index is 11.4. The van der Waals surface area contributed by atoms with Crippen LogP contribution in [0.15, 0.2) is 4.52 Å². The summed E-state index contributed by atoms with van der Waals surface area (Å²) in [4.78, 5) is 15.4. The van der Waals surface area contributed by atoms with E-state index in [2.05, 4.69) is 20.8 Å². The van der Waals surface area contributed by atoms with Crippen molar-refractivity contribution in [1.29, 1.82) is 0 Å². The third-order valence-electron chi connectivity index (χ3n) is 1.92. The molecular weight excluding hydrogens is 208 g/mol. The van der Waals surface area contributed by atoms with E-state index in [0.717, 1.165) is 0 Å². The van der Waals surface area contributed by atoms with Gasteiger partial charge in [-0.05, 0) is 0 Å². The van der Waals surface area contributed by atoms with E-state index in [-0.39, 0.29) is 5.91 Å². The van der Waals surface area contributed by atoms with Crippen LogP contribution in [0.4, 0.5) is 0 Å². The summed E-state index contributed by atoms with van der Waals surface area (Å²) in [6.07, 6.45) is 0.453. The van der Waals surface area contributed by atoms with Crippen LogP contribution in [0, 0.1) is 6.92 Å². The highest BCUT2D eigenvalue weighted by Gasteiger charge is 2.05. The molecule has 2 N–H and O–H groups in total. The predicted molar refractivity (Wildman–Crippen MR) is 58.6 cm³/mol. The van der Waals surface area contributed by atoms with Crippen LogP contribution in [-0.4, -0.2) is 28.6 Å². The molecule has 1 aromatic heterocycles. The quantitative estimate of drug-likeness (QED) is 0.733. The molecule has 16 heavy (non-hydrogen) atoms. The van der Waals surface area contributed by atoms with Crippen molar-refractivity contribution < 1.29 is 9.32 Å². The summed E-state index contributed by atoms with van der Waals surface area (Å²) < 4.78 is 4.78. The van der Waals surface area contributed by atoms with Gasteiger partial charge in [0.05, 0.1) is 6.54 Å². The first-order valence-corrected chi connectivity index (χ1v) is 5.37. The first-order valence-electron chi connectivity index (χ1n) is 5.37. The summed E-state index contributed by atoms with van der Waals surface area (Å²) >= 11 is 0. The second kappa shape index (κ2) is 6.22. The lowest BCUT2D eigenvalue weighted by Gasteiger charge is -2.07. The van der Waals surface area contributed by atoms with Crippen LogP contribution >= 0.6 is 0 Å². The lowest BCUT2D eigenvalue weighted by Crippen LogP contribution is -2.30. The third kappa shape index (κ3) is 4.88. The Balaban J connectivity index is 2.15. The minimum absolute atomic E-state index is 0.0180. The van der Waals surface area contributed by atoms with Gasteiger partial charge in [0.1, 0.15) is 0 Å². The van der Waals surface area contributed by atoms with E-state index < -0.39 is 0 Å². The van der Waals surface area contributed by atoms with Crippen molar-refractivity contribution in [3.63, 3.8) is 0 Å². The van der Waals surface area contributed by atoms with E-state index >= 15 is 0 Å². The van der Waals surface area contributed by atoms with Crippen LogP contribution in [0.5, 0.6) is 0 Å². The first kappa shape index (κ1) is 12.6. The zero-order chi connectivity index (χ0) is 12.0. The Morgan fingerprint density at radius 2 is 2.25 bits per heavy atom. The average Bonchev–Trinajstić information content (AvgIpc) is 2.61. The van der Waals surface area contributed by atoms with Crippen LogP contribution < -0.4 is 10.6 Å². The van der Waals surface area contributed by atoms with Gasteiger partial charge in [-0.25, -0.2) is 0 Å². The molecule has 0 fully saturated rings. The summed E-state index contributed by atoms with van der Waals surface area (Å²) in [5.41, 5.74) is 0. The Labute approximate surface area is 94.8 Å². The molecule has 0 aliphatic heterocycles. The summed E-state index contributed by atoms with van der Waals surface area (Å²) in [6.45, 7) is 6.79. The Morgan fingerprint density at radius 1 is 1.50 bits per heavy atom. The number of amides is 1. The molecule has 0 spiro atoms. The van der Waals surface area contributed by atoms with Crippen LogP contribution in [0.25, 0.3) is 0 Å². The predicted octanol–water partition coefficient (Wildman–Crippen LogP) is 0.382. The largest absolute Gasteiger partial charge is 0.349 e. The molecule has 0 saturated carbocycles. The molecule has 0 saturated heterocycles. The maximum absolute atomic E-state index is 11.4. The molecule has 0 bridgehead atoms. The Bertz CT molecular complexity index is 335. The van der Waals surface area contributed by atoms with E-state index in [1.165, 1.54) is 0 Å². The monoisotopic (exact) mass is 226 g/mol. The second-order valence-corrected chi connectivity index (χ2v) is 3.87. The van der Waals surface area contributed by atoms with E-state index in [1.807, 2.05) is 13.8 Å². The van der Waals surface area contributed by atoms with Crippen molar-refractivity contribution in [3.05, 3.63) is 11.7 Å². The van der Waals surface area contributed by atoms with Gasteiger partial charge in [-0.3, -0.25) is 4.79 Å². The number of carbonyl (C=O) groups excluding carboxylic acids is 1. The molecule has 0 radical (unpaired) electrons. The SMILES string of the molecule is Cc1nc(CNC(=O)CCNC(C)C)no1. The molecule has 0 unspecified atom stereocenters. The number of nitrogens with one attached hydrogen (secondary N) is 2. The second-order valence-electron chi connectivity index (χ2n) is 3.87. The fraction of sp³-hybridized carbons (Fsp3) is 0.700. The molecular formula is C10H18N4O2.